The number of nitrogens with one attached hydrogen (secondary N) is 1. The Kier molecular flexibility index (Phi) is 4.11. The van der Waals surface area contributed by atoms with Crippen LogP contribution in [0.25, 0.3) is 0 Å². The van der Waals surface area contributed by atoms with Crippen molar-refractivity contribution < 1.29 is 14.3 Å². The monoisotopic (exact) mass is 351 g/mol. The summed E-state index contributed by atoms with van der Waals surface area (Å²) < 4.78 is 6.30. The molecule has 2 amide bonds. The number of aromatic nitrogens is 1. The van der Waals surface area contributed by atoms with Gasteiger partial charge in [-0.05, 0) is 44.0 Å². The van der Waals surface area contributed by atoms with E-state index >= 15 is 0 Å². The van der Waals surface area contributed by atoms with Gasteiger partial charge in [0, 0.05) is 18.4 Å². The predicted molar refractivity (Wildman–Crippen MR) is 96.2 cm³/mol. The van der Waals surface area contributed by atoms with Crippen LogP contribution in [0.2, 0.25) is 0 Å². The van der Waals surface area contributed by atoms with Crippen LogP contribution in [0.3, 0.4) is 0 Å². The fraction of sp³-hybridized carbons (Fsp3) is 0.350. The summed E-state index contributed by atoms with van der Waals surface area (Å²) in [5.74, 6) is 0.390. The Hall–Kier alpha value is -2.89. The number of nitrogens with zero attached hydrogens (tertiary/aromatic N) is 2. The molecule has 1 fully saturated rings. The topological polar surface area (TPSA) is 71.5 Å². The van der Waals surface area contributed by atoms with Crippen LogP contribution in [0.1, 0.15) is 39.3 Å². The van der Waals surface area contributed by atoms with Gasteiger partial charge in [-0.3, -0.25) is 14.6 Å². The van der Waals surface area contributed by atoms with E-state index in [1.165, 1.54) is 0 Å². The first kappa shape index (κ1) is 16.6. The quantitative estimate of drug-likeness (QED) is 0.855. The van der Waals surface area contributed by atoms with Gasteiger partial charge in [0.15, 0.2) is 0 Å². The largest absolute Gasteiger partial charge is 0.483 e. The number of piperidine rings is 1. The highest BCUT2D eigenvalue weighted by Gasteiger charge is 2.42. The minimum absolute atomic E-state index is 0.0518. The summed E-state index contributed by atoms with van der Waals surface area (Å²) in [6.45, 7) is 3.39. The Balaban J connectivity index is 1.59. The lowest BCUT2D eigenvalue weighted by molar-refractivity contribution is -0.000877. The molecule has 3 heterocycles. The number of para-hydroxylation sites is 1. The van der Waals surface area contributed by atoms with Crippen molar-refractivity contribution in [3.8, 4) is 5.75 Å². The average Bonchev–Trinajstić information content (AvgIpc) is 2.79. The number of fused-ring (bicyclic) bond motifs is 1. The first-order valence-corrected chi connectivity index (χ1v) is 8.85. The summed E-state index contributed by atoms with van der Waals surface area (Å²) in [5.41, 5.74) is 1.39. The highest BCUT2D eigenvalue weighted by molar-refractivity contribution is 5.97. The summed E-state index contributed by atoms with van der Waals surface area (Å²) in [6, 6.07) is 10.9. The molecule has 1 N–H and O–H groups in total. The molecule has 1 atom stereocenters. The van der Waals surface area contributed by atoms with Crippen LogP contribution in [-0.2, 0) is 0 Å². The molecule has 134 valence electrons. The highest BCUT2D eigenvalue weighted by atomic mass is 16.5. The lowest BCUT2D eigenvalue weighted by atomic mass is 9.92. The molecule has 1 unspecified atom stereocenters. The van der Waals surface area contributed by atoms with Crippen molar-refractivity contribution in [1.82, 2.24) is 15.2 Å². The number of aryl methyl sites for hydroxylation is 1. The highest BCUT2D eigenvalue weighted by Crippen LogP contribution is 2.32. The molecule has 4 rings (SSSR count). The molecule has 2 aliphatic heterocycles. The number of hydrogen-bond acceptors (Lipinski definition) is 4. The molecular weight excluding hydrogens is 330 g/mol. The van der Waals surface area contributed by atoms with Gasteiger partial charge in [0.1, 0.15) is 11.4 Å². The van der Waals surface area contributed by atoms with Gasteiger partial charge >= 0.3 is 0 Å². The van der Waals surface area contributed by atoms with Crippen molar-refractivity contribution in [3.63, 3.8) is 0 Å². The van der Waals surface area contributed by atoms with E-state index in [-0.39, 0.29) is 11.8 Å². The Bertz CT molecular complexity index is 850. The van der Waals surface area contributed by atoms with E-state index in [2.05, 4.69) is 10.3 Å². The standard InChI is InChI=1S/C20H21N3O3/c1-14-7-8-15(11-21-14)19(25)23-10-4-9-20(13-23)12-22-18(24)16-5-2-3-6-17(16)26-20/h2-3,5-8,11H,4,9-10,12-13H2,1H3,(H,22,24). The molecule has 0 aliphatic carbocycles. The molecule has 26 heavy (non-hydrogen) atoms. The van der Waals surface area contributed by atoms with Gasteiger partial charge in [-0.25, -0.2) is 0 Å². The van der Waals surface area contributed by atoms with Crippen molar-refractivity contribution in [2.24, 2.45) is 0 Å². The van der Waals surface area contributed by atoms with E-state index in [0.717, 1.165) is 18.5 Å². The zero-order valence-electron chi connectivity index (χ0n) is 14.7. The second kappa shape index (κ2) is 6.44. The average molecular weight is 351 g/mol. The van der Waals surface area contributed by atoms with Gasteiger partial charge in [-0.1, -0.05) is 12.1 Å². The molecule has 1 spiro atoms. The number of pyridine rings is 1. The summed E-state index contributed by atoms with van der Waals surface area (Å²) in [5, 5.41) is 2.95. The number of amides is 2. The minimum Gasteiger partial charge on any atom is -0.483 e. The van der Waals surface area contributed by atoms with Crippen LogP contribution in [0.5, 0.6) is 5.75 Å². The fourth-order valence-corrected chi connectivity index (χ4v) is 3.63. The van der Waals surface area contributed by atoms with Crippen LogP contribution in [0, 0.1) is 6.92 Å². The number of carbonyl (C=O) groups is 2. The number of carbonyl (C=O) groups excluding carboxylic acids is 2. The van der Waals surface area contributed by atoms with Gasteiger partial charge in [0.25, 0.3) is 11.8 Å². The fourth-order valence-electron chi connectivity index (χ4n) is 3.63. The number of benzene rings is 1. The predicted octanol–water partition coefficient (Wildman–Crippen LogP) is 2.19. The molecule has 6 nitrogen and oxygen atoms in total. The maximum absolute atomic E-state index is 12.9. The maximum atomic E-state index is 12.9. The van der Waals surface area contributed by atoms with E-state index in [4.69, 9.17) is 4.74 Å². The van der Waals surface area contributed by atoms with Gasteiger partial charge in [0.05, 0.1) is 24.2 Å². The van der Waals surface area contributed by atoms with E-state index in [9.17, 15) is 9.59 Å². The van der Waals surface area contributed by atoms with Gasteiger partial charge in [0.2, 0.25) is 0 Å². The van der Waals surface area contributed by atoms with Crippen molar-refractivity contribution in [3.05, 3.63) is 59.4 Å². The van der Waals surface area contributed by atoms with E-state index in [1.807, 2.05) is 31.2 Å². The van der Waals surface area contributed by atoms with Crippen molar-refractivity contribution in [1.29, 1.82) is 0 Å². The molecule has 0 saturated carbocycles. The first-order valence-electron chi connectivity index (χ1n) is 8.85. The van der Waals surface area contributed by atoms with Gasteiger partial charge < -0.3 is 15.0 Å². The minimum atomic E-state index is -0.603. The van der Waals surface area contributed by atoms with Crippen LogP contribution >= 0.6 is 0 Å². The third-order valence-electron chi connectivity index (χ3n) is 5.01. The van der Waals surface area contributed by atoms with E-state index < -0.39 is 5.60 Å². The van der Waals surface area contributed by atoms with Crippen molar-refractivity contribution >= 4 is 11.8 Å². The Labute approximate surface area is 152 Å². The number of rotatable bonds is 1. The molecule has 6 heteroatoms. The van der Waals surface area contributed by atoms with Crippen molar-refractivity contribution in [2.75, 3.05) is 19.6 Å². The van der Waals surface area contributed by atoms with Crippen LogP contribution in [0.4, 0.5) is 0 Å². The van der Waals surface area contributed by atoms with E-state index in [0.29, 0.717) is 36.5 Å². The van der Waals surface area contributed by atoms with Crippen molar-refractivity contribution in [2.45, 2.75) is 25.4 Å². The Morgan fingerprint density at radius 3 is 2.92 bits per heavy atom. The molecule has 1 aromatic carbocycles. The van der Waals surface area contributed by atoms with Crippen LogP contribution in [0.15, 0.2) is 42.6 Å². The maximum Gasteiger partial charge on any atom is 0.255 e. The Morgan fingerprint density at radius 2 is 2.12 bits per heavy atom. The molecule has 2 aliphatic rings. The zero-order valence-corrected chi connectivity index (χ0v) is 14.7. The number of hydrogen-bond donors (Lipinski definition) is 1. The molecule has 0 radical (unpaired) electrons. The summed E-state index contributed by atoms with van der Waals surface area (Å²) in [4.78, 5) is 31.2. The summed E-state index contributed by atoms with van der Waals surface area (Å²) >= 11 is 0. The zero-order chi connectivity index (χ0) is 18.1. The lowest BCUT2D eigenvalue weighted by Gasteiger charge is -2.42. The second-order valence-corrected chi connectivity index (χ2v) is 6.98. The second-order valence-electron chi connectivity index (χ2n) is 6.98. The molecule has 1 saturated heterocycles. The van der Waals surface area contributed by atoms with Crippen LogP contribution < -0.4 is 10.1 Å². The molecule has 1 aromatic heterocycles. The lowest BCUT2D eigenvalue weighted by Crippen LogP contribution is -2.57. The first-order chi connectivity index (χ1) is 12.6. The van der Waals surface area contributed by atoms with Gasteiger partial charge in [-0.2, -0.15) is 0 Å². The molecule has 2 aromatic rings. The molecular formula is C20H21N3O3. The normalized spacial score (nSPS) is 22.2. The Morgan fingerprint density at radius 1 is 1.27 bits per heavy atom. The van der Waals surface area contributed by atoms with Gasteiger partial charge in [-0.15, -0.1) is 0 Å². The van der Waals surface area contributed by atoms with E-state index in [1.54, 1.807) is 23.2 Å². The third-order valence-corrected chi connectivity index (χ3v) is 5.01. The van der Waals surface area contributed by atoms with Crippen LogP contribution in [-0.4, -0.2) is 46.9 Å². The smallest absolute Gasteiger partial charge is 0.255 e. The SMILES string of the molecule is Cc1ccc(C(=O)N2CCCC3(CNC(=O)c4ccccc4O3)C2)cn1. The third kappa shape index (κ3) is 3.03. The number of ether oxygens (including phenoxy) is 1. The number of likely N-dealkylation sites (tertiary alicyclic amines) is 1. The summed E-state index contributed by atoms with van der Waals surface area (Å²) in [7, 11) is 0. The molecule has 0 bridgehead atoms. The summed E-state index contributed by atoms with van der Waals surface area (Å²) in [6.07, 6.45) is 3.23.